The monoisotopic (exact) mass is 253 g/mol. The largest absolute Gasteiger partial charge is 0.383 e. The molecular formula is C13H23N3S. The fourth-order valence-corrected chi connectivity index (χ4v) is 2.53. The number of thioether (sulfide) groups is 1. The van der Waals surface area contributed by atoms with Crippen molar-refractivity contribution in [3.8, 4) is 0 Å². The molecule has 0 bridgehead atoms. The van der Waals surface area contributed by atoms with Crippen molar-refractivity contribution >= 4 is 17.6 Å². The summed E-state index contributed by atoms with van der Waals surface area (Å²) in [5, 5.41) is 3.47. The van der Waals surface area contributed by atoms with Crippen molar-refractivity contribution in [1.29, 1.82) is 0 Å². The van der Waals surface area contributed by atoms with Crippen molar-refractivity contribution in [3.63, 3.8) is 0 Å². The summed E-state index contributed by atoms with van der Waals surface area (Å²) in [6.07, 6.45) is 1.73. The van der Waals surface area contributed by atoms with Gasteiger partial charge in [-0.1, -0.05) is 33.8 Å². The quantitative estimate of drug-likeness (QED) is 0.847. The smallest absolute Gasteiger partial charge is 0.128 e. The van der Waals surface area contributed by atoms with Crippen LogP contribution in [-0.4, -0.2) is 22.0 Å². The van der Waals surface area contributed by atoms with Crippen LogP contribution in [-0.2, 0) is 0 Å². The van der Waals surface area contributed by atoms with Crippen LogP contribution in [0.3, 0.4) is 0 Å². The molecule has 0 saturated heterocycles. The normalized spacial score (nSPS) is 13.6. The lowest BCUT2D eigenvalue weighted by Crippen LogP contribution is -2.26. The number of nitrogens with two attached hydrogens (primary N) is 1. The highest BCUT2D eigenvalue weighted by Gasteiger charge is 2.18. The van der Waals surface area contributed by atoms with E-state index < -0.39 is 0 Å². The van der Waals surface area contributed by atoms with Gasteiger partial charge < -0.3 is 11.1 Å². The predicted octanol–water partition coefficient (Wildman–Crippen LogP) is 2.85. The summed E-state index contributed by atoms with van der Waals surface area (Å²) in [7, 11) is 0. The Morgan fingerprint density at radius 1 is 1.47 bits per heavy atom. The number of rotatable bonds is 5. The second-order valence-electron chi connectivity index (χ2n) is 5.01. The molecule has 0 fully saturated rings. The average Bonchev–Trinajstić information content (AvgIpc) is 2.24. The van der Waals surface area contributed by atoms with Gasteiger partial charge in [0.05, 0.1) is 0 Å². The zero-order valence-electron chi connectivity index (χ0n) is 11.2. The van der Waals surface area contributed by atoms with Crippen LogP contribution in [0.5, 0.6) is 0 Å². The Labute approximate surface area is 109 Å². The standard InChI is InChI=1S/C13H23N3S/c1-5-15-11(9-17-13(2,3)4)10-7-6-8-16-12(10)14/h6-8,11,15H,5,9H2,1-4H3,(H2,14,16). The Balaban J connectivity index is 2.75. The number of hydrogen-bond donors (Lipinski definition) is 2. The maximum Gasteiger partial charge on any atom is 0.128 e. The van der Waals surface area contributed by atoms with E-state index in [1.807, 2.05) is 17.8 Å². The van der Waals surface area contributed by atoms with E-state index in [2.05, 4.69) is 44.1 Å². The predicted molar refractivity (Wildman–Crippen MR) is 77.3 cm³/mol. The lowest BCUT2D eigenvalue weighted by Gasteiger charge is -2.24. The molecule has 0 aliphatic rings. The van der Waals surface area contributed by atoms with Gasteiger partial charge in [0.2, 0.25) is 0 Å². The summed E-state index contributed by atoms with van der Waals surface area (Å²) in [6.45, 7) is 9.73. The van der Waals surface area contributed by atoms with Crippen molar-refractivity contribution in [1.82, 2.24) is 10.3 Å². The average molecular weight is 253 g/mol. The highest BCUT2D eigenvalue weighted by atomic mass is 32.2. The number of aromatic nitrogens is 1. The molecule has 4 heteroatoms. The van der Waals surface area contributed by atoms with Crippen molar-refractivity contribution in [3.05, 3.63) is 23.9 Å². The summed E-state index contributed by atoms with van der Waals surface area (Å²) in [5.74, 6) is 1.64. The van der Waals surface area contributed by atoms with Gasteiger partial charge in [0.25, 0.3) is 0 Å². The van der Waals surface area contributed by atoms with Gasteiger partial charge in [-0.3, -0.25) is 0 Å². The lowest BCUT2D eigenvalue weighted by atomic mass is 10.1. The second kappa shape index (κ2) is 6.26. The molecule has 1 aromatic rings. The minimum Gasteiger partial charge on any atom is -0.383 e. The van der Waals surface area contributed by atoms with Gasteiger partial charge in [0.1, 0.15) is 5.82 Å². The van der Waals surface area contributed by atoms with Gasteiger partial charge in [-0.05, 0) is 12.6 Å². The SMILES string of the molecule is CCNC(CSC(C)(C)C)c1cccnc1N. The van der Waals surface area contributed by atoms with E-state index in [-0.39, 0.29) is 10.8 Å². The minimum absolute atomic E-state index is 0.268. The zero-order chi connectivity index (χ0) is 12.9. The van der Waals surface area contributed by atoms with E-state index in [0.29, 0.717) is 5.82 Å². The van der Waals surface area contributed by atoms with Crippen LogP contribution in [0.2, 0.25) is 0 Å². The minimum atomic E-state index is 0.268. The molecule has 0 aliphatic heterocycles. The van der Waals surface area contributed by atoms with Crippen molar-refractivity contribution in [2.45, 2.75) is 38.5 Å². The number of anilines is 1. The van der Waals surface area contributed by atoms with Crippen LogP contribution < -0.4 is 11.1 Å². The number of nitrogens with one attached hydrogen (secondary N) is 1. The third-order valence-corrected chi connectivity index (χ3v) is 3.75. The Kier molecular flexibility index (Phi) is 5.28. The second-order valence-corrected chi connectivity index (χ2v) is 6.86. The van der Waals surface area contributed by atoms with Crippen LogP contribution in [0.25, 0.3) is 0 Å². The van der Waals surface area contributed by atoms with Gasteiger partial charge in [0.15, 0.2) is 0 Å². The lowest BCUT2D eigenvalue weighted by molar-refractivity contribution is 0.603. The van der Waals surface area contributed by atoms with E-state index in [9.17, 15) is 0 Å². The number of nitrogen functional groups attached to an aromatic ring is 1. The van der Waals surface area contributed by atoms with Crippen molar-refractivity contribution < 1.29 is 0 Å². The maximum absolute atomic E-state index is 5.93. The first-order valence-electron chi connectivity index (χ1n) is 6.01. The van der Waals surface area contributed by atoms with E-state index in [4.69, 9.17) is 5.73 Å². The molecule has 1 heterocycles. The zero-order valence-corrected chi connectivity index (χ0v) is 12.0. The van der Waals surface area contributed by atoms with E-state index in [1.54, 1.807) is 6.20 Å². The maximum atomic E-state index is 5.93. The number of hydrogen-bond acceptors (Lipinski definition) is 4. The Bertz CT molecular complexity index is 347. The summed E-state index contributed by atoms with van der Waals surface area (Å²) < 4.78 is 0.268. The van der Waals surface area contributed by atoms with Gasteiger partial charge >= 0.3 is 0 Å². The third-order valence-electron chi connectivity index (χ3n) is 2.38. The molecule has 96 valence electrons. The summed E-state index contributed by atoms with van der Waals surface area (Å²) in [5.41, 5.74) is 7.03. The molecule has 0 aliphatic carbocycles. The first kappa shape index (κ1) is 14.3. The fourth-order valence-electron chi connectivity index (χ4n) is 1.56. The molecule has 0 spiro atoms. The highest BCUT2D eigenvalue weighted by molar-refractivity contribution is 8.00. The van der Waals surface area contributed by atoms with Gasteiger partial charge in [-0.25, -0.2) is 4.98 Å². The molecule has 0 saturated carbocycles. The molecule has 0 amide bonds. The van der Waals surface area contributed by atoms with Gasteiger partial charge in [-0.15, -0.1) is 0 Å². The summed E-state index contributed by atoms with van der Waals surface area (Å²) in [4.78, 5) is 4.16. The van der Waals surface area contributed by atoms with Crippen LogP contribution in [0.15, 0.2) is 18.3 Å². The fraction of sp³-hybridized carbons (Fsp3) is 0.615. The van der Waals surface area contributed by atoms with Crippen molar-refractivity contribution in [2.75, 3.05) is 18.0 Å². The molecule has 3 nitrogen and oxygen atoms in total. The molecule has 1 rings (SSSR count). The van der Waals surface area contributed by atoms with E-state index in [0.717, 1.165) is 17.9 Å². The first-order chi connectivity index (χ1) is 7.94. The molecule has 3 N–H and O–H groups in total. The van der Waals surface area contributed by atoms with E-state index >= 15 is 0 Å². The van der Waals surface area contributed by atoms with Crippen LogP contribution in [0.4, 0.5) is 5.82 Å². The molecule has 17 heavy (non-hydrogen) atoms. The molecular weight excluding hydrogens is 230 g/mol. The Morgan fingerprint density at radius 2 is 2.18 bits per heavy atom. The highest BCUT2D eigenvalue weighted by Crippen LogP contribution is 2.29. The molecule has 1 atom stereocenters. The Hall–Kier alpha value is -0.740. The van der Waals surface area contributed by atoms with Gasteiger partial charge in [0, 0.05) is 28.3 Å². The summed E-state index contributed by atoms with van der Waals surface area (Å²) in [6, 6.07) is 4.27. The number of nitrogens with zero attached hydrogens (tertiary/aromatic N) is 1. The first-order valence-corrected chi connectivity index (χ1v) is 7.00. The van der Waals surface area contributed by atoms with Crippen molar-refractivity contribution in [2.24, 2.45) is 0 Å². The Morgan fingerprint density at radius 3 is 2.71 bits per heavy atom. The van der Waals surface area contributed by atoms with Crippen LogP contribution in [0, 0.1) is 0 Å². The molecule has 0 radical (unpaired) electrons. The van der Waals surface area contributed by atoms with Crippen LogP contribution >= 0.6 is 11.8 Å². The molecule has 1 aromatic heterocycles. The number of pyridine rings is 1. The molecule has 0 aromatic carbocycles. The summed E-state index contributed by atoms with van der Waals surface area (Å²) >= 11 is 1.94. The molecule has 1 unspecified atom stereocenters. The third kappa shape index (κ3) is 4.96. The van der Waals surface area contributed by atoms with Crippen LogP contribution in [0.1, 0.15) is 39.3 Å². The van der Waals surface area contributed by atoms with E-state index in [1.165, 1.54) is 0 Å². The van der Waals surface area contributed by atoms with Gasteiger partial charge in [-0.2, -0.15) is 11.8 Å². The topological polar surface area (TPSA) is 50.9 Å².